The van der Waals surface area contributed by atoms with E-state index < -0.39 is 0 Å². The highest BCUT2D eigenvalue weighted by Crippen LogP contribution is 2.32. The van der Waals surface area contributed by atoms with Crippen LogP contribution in [0.15, 0.2) is 35.3 Å². The average Bonchev–Trinajstić information content (AvgIpc) is 3.20. The molecule has 3 aromatic rings. The molecule has 152 valence electrons. The maximum Gasteiger partial charge on any atom is 0.325 e. The third kappa shape index (κ3) is 3.27. The van der Waals surface area contributed by atoms with Crippen LogP contribution in [0.1, 0.15) is 33.5 Å². The van der Waals surface area contributed by atoms with Crippen LogP contribution in [0.25, 0.3) is 5.69 Å². The van der Waals surface area contributed by atoms with Crippen molar-refractivity contribution in [3.63, 3.8) is 0 Å². The number of carbonyl (C=O) groups is 1. The van der Waals surface area contributed by atoms with Gasteiger partial charge in [0.1, 0.15) is 17.2 Å². The number of carbonyl (C=O) groups excluding carboxylic acids is 1. The molecule has 0 radical (unpaired) electrons. The molecule has 1 aromatic carbocycles. The van der Waals surface area contributed by atoms with E-state index >= 15 is 0 Å². The standard InChI is InChI=1S/C20H22FN5O3/c1-12-18(13(2)26(23-12)16-7-5-4-6-14(16)21)17-11-29-9-8-25(17)19(27)15-10-24(3)20(28)22-15/h4-7,10,17H,8-9,11H2,1-3H3,(H,22,28). The van der Waals surface area contributed by atoms with Gasteiger partial charge in [-0.25, -0.2) is 13.9 Å². The predicted molar refractivity (Wildman–Crippen MR) is 104 cm³/mol. The van der Waals surface area contributed by atoms with E-state index in [0.29, 0.717) is 31.1 Å². The molecule has 1 aliphatic heterocycles. The van der Waals surface area contributed by atoms with Crippen molar-refractivity contribution in [1.29, 1.82) is 0 Å². The van der Waals surface area contributed by atoms with Gasteiger partial charge in [-0.2, -0.15) is 5.10 Å². The Balaban J connectivity index is 1.75. The summed E-state index contributed by atoms with van der Waals surface area (Å²) in [4.78, 5) is 29.1. The second-order valence-electron chi connectivity index (χ2n) is 7.12. The lowest BCUT2D eigenvalue weighted by Gasteiger charge is -2.35. The molecule has 8 nitrogen and oxygen atoms in total. The van der Waals surface area contributed by atoms with Crippen LogP contribution in [-0.2, 0) is 11.8 Å². The second kappa shape index (κ2) is 7.32. The third-order valence-electron chi connectivity index (χ3n) is 5.27. The summed E-state index contributed by atoms with van der Waals surface area (Å²) < 4.78 is 22.9. The molecule has 0 bridgehead atoms. The van der Waals surface area contributed by atoms with Gasteiger partial charge in [0.05, 0.1) is 24.9 Å². The molecule has 29 heavy (non-hydrogen) atoms. The van der Waals surface area contributed by atoms with Crippen molar-refractivity contribution in [2.45, 2.75) is 19.9 Å². The number of ether oxygens (including phenoxy) is 1. The fourth-order valence-electron chi connectivity index (χ4n) is 3.83. The minimum Gasteiger partial charge on any atom is -0.377 e. The molecule has 9 heteroatoms. The first-order valence-electron chi connectivity index (χ1n) is 9.34. The molecular formula is C20H22FN5O3. The zero-order valence-electron chi connectivity index (χ0n) is 16.5. The van der Waals surface area contributed by atoms with E-state index in [4.69, 9.17) is 4.74 Å². The summed E-state index contributed by atoms with van der Waals surface area (Å²) in [6.07, 6.45) is 1.49. The summed E-state index contributed by atoms with van der Waals surface area (Å²) in [7, 11) is 1.58. The minimum absolute atomic E-state index is 0.223. The topological polar surface area (TPSA) is 85.2 Å². The number of aromatic nitrogens is 4. The van der Waals surface area contributed by atoms with Crippen LogP contribution in [0.3, 0.4) is 0 Å². The zero-order valence-corrected chi connectivity index (χ0v) is 16.5. The molecule has 0 aliphatic carbocycles. The number of aryl methyl sites for hydroxylation is 2. The van der Waals surface area contributed by atoms with Crippen molar-refractivity contribution in [2.24, 2.45) is 7.05 Å². The number of morpholine rings is 1. The molecule has 0 spiro atoms. The van der Waals surface area contributed by atoms with E-state index in [1.807, 2.05) is 13.8 Å². The Hall–Kier alpha value is -3.20. The van der Waals surface area contributed by atoms with E-state index in [-0.39, 0.29) is 29.1 Å². The van der Waals surface area contributed by atoms with Crippen LogP contribution in [0.5, 0.6) is 0 Å². The van der Waals surface area contributed by atoms with Gasteiger partial charge < -0.3 is 19.2 Å². The summed E-state index contributed by atoms with van der Waals surface area (Å²) in [5.74, 6) is -0.659. The molecule has 2 aromatic heterocycles. The highest BCUT2D eigenvalue weighted by molar-refractivity contribution is 5.92. The number of imidazole rings is 1. The number of hydrogen-bond acceptors (Lipinski definition) is 4. The molecule has 1 fully saturated rings. The van der Waals surface area contributed by atoms with Crippen LogP contribution in [-0.4, -0.2) is 49.9 Å². The SMILES string of the molecule is Cc1nn(-c2ccccc2F)c(C)c1C1COCCN1C(=O)c1cn(C)c(=O)[nH]1. The van der Waals surface area contributed by atoms with Crippen molar-refractivity contribution in [1.82, 2.24) is 24.2 Å². The van der Waals surface area contributed by atoms with Gasteiger partial charge in [-0.3, -0.25) is 4.79 Å². The van der Waals surface area contributed by atoms with Gasteiger partial charge in [-0.15, -0.1) is 0 Å². The molecule has 1 amide bonds. The zero-order chi connectivity index (χ0) is 20.7. The average molecular weight is 399 g/mol. The molecule has 3 heterocycles. The smallest absolute Gasteiger partial charge is 0.325 e. The summed E-state index contributed by atoms with van der Waals surface area (Å²) in [6, 6.07) is 6.03. The Morgan fingerprint density at radius 3 is 2.76 bits per heavy atom. The highest BCUT2D eigenvalue weighted by Gasteiger charge is 2.34. The van der Waals surface area contributed by atoms with Crippen LogP contribution < -0.4 is 5.69 Å². The number of aromatic amines is 1. The first-order valence-corrected chi connectivity index (χ1v) is 9.34. The predicted octanol–water partition coefficient (Wildman–Crippen LogP) is 1.87. The largest absolute Gasteiger partial charge is 0.377 e. The van der Waals surface area contributed by atoms with E-state index in [1.54, 1.807) is 34.8 Å². The van der Waals surface area contributed by atoms with Gasteiger partial charge in [-0.1, -0.05) is 12.1 Å². The number of rotatable bonds is 3. The Morgan fingerprint density at radius 2 is 2.07 bits per heavy atom. The fourth-order valence-corrected chi connectivity index (χ4v) is 3.83. The van der Waals surface area contributed by atoms with Crippen molar-refractivity contribution in [3.05, 3.63) is 69.4 Å². The molecule has 1 unspecified atom stereocenters. The second-order valence-corrected chi connectivity index (χ2v) is 7.12. The molecule has 1 saturated heterocycles. The van der Waals surface area contributed by atoms with Crippen LogP contribution in [0.2, 0.25) is 0 Å². The lowest BCUT2D eigenvalue weighted by Crippen LogP contribution is -2.44. The summed E-state index contributed by atoms with van der Waals surface area (Å²) in [6.45, 7) is 4.77. The van der Waals surface area contributed by atoms with Crippen molar-refractivity contribution >= 4 is 5.91 Å². The first kappa shape index (κ1) is 19.1. The van der Waals surface area contributed by atoms with Gasteiger partial charge in [0, 0.05) is 31.0 Å². The van der Waals surface area contributed by atoms with Gasteiger partial charge in [0.15, 0.2) is 0 Å². The number of nitrogens with zero attached hydrogens (tertiary/aromatic N) is 4. The molecule has 0 saturated carbocycles. The number of halogens is 1. The maximum atomic E-state index is 14.3. The van der Waals surface area contributed by atoms with Gasteiger partial charge in [-0.05, 0) is 26.0 Å². The number of H-pyrrole nitrogens is 1. The minimum atomic E-state index is -0.388. The van der Waals surface area contributed by atoms with Gasteiger partial charge in [0.2, 0.25) is 0 Å². The highest BCUT2D eigenvalue weighted by atomic mass is 19.1. The Morgan fingerprint density at radius 1 is 1.31 bits per heavy atom. The van der Waals surface area contributed by atoms with E-state index in [2.05, 4.69) is 10.1 Å². The monoisotopic (exact) mass is 399 g/mol. The quantitative estimate of drug-likeness (QED) is 0.729. The summed E-state index contributed by atoms with van der Waals surface area (Å²) >= 11 is 0. The number of para-hydroxylation sites is 1. The normalized spacial score (nSPS) is 17.0. The van der Waals surface area contributed by atoms with Crippen molar-refractivity contribution in [2.75, 3.05) is 19.8 Å². The maximum absolute atomic E-state index is 14.3. The van der Waals surface area contributed by atoms with Crippen molar-refractivity contribution in [3.8, 4) is 5.69 Å². The Bertz CT molecular complexity index is 1130. The van der Waals surface area contributed by atoms with E-state index in [1.165, 1.54) is 16.8 Å². The lowest BCUT2D eigenvalue weighted by molar-refractivity contribution is -0.00333. The van der Waals surface area contributed by atoms with Crippen LogP contribution in [0.4, 0.5) is 4.39 Å². The molecular weight excluding hydrogens is 377 g/mol. The van der Waals surface area contributed by atoms with E-state index in [9.17, 15) is 14.0 Å². The molecule has 1 atom stereocenters. The number of benzene rings is 1. The lowest BCUT2D eigenvalue weighted by atomic mass is 10.0. The van der Waals surface area contributed by atoms with Gasteiger partial charge in [0.25, 0.3) is 5.91 Å². The Labute approximate surface area is 166 Å². The number of nitrogens with one attached hydrogen (secondary N) is 1. The number of amides is 1. The third-order valence-corrected chi connectivity index (χ3v) is 5.27. The summed E-state index contributed by atoms with van der Waals surface area (Å²) in [5.41, 5.74) is 2.48. The fraction of sp³-hybridized carbons (Fsp3) is 0.350. The summed E-state index contributed by atoms with van der Waals surface area (Å²) in [5, 5.41) is 4.52. The molecule has 4 rings (SSSR count). The van der Waals surface area contributed by atoms with Crippen LogP contribution in [0, 0.1) is 19.7 Å². The number of hydrogen-bond donors (Lipinski definition) is 1. The Kier molecular flexibility index (Phi) is 4.83. The molecule has 1 N–H and O–H groups in total. The first-order chi connectivity index (χ1) is 13.9. The molecule has 1 aliphatic rings. The van der Waals surface area contributed by atoms with E-state index in [0.717, 1.165) is 11.3 Å². The van der Waals surface area contributed by atoms with Gasteiger partial charge >= 0.3 is 5.69 Å². The van der Waals surface area contributed by atoms with Crippen molar-refractivity contribution < 1.29 is 13.9 Å². The van der Waals surface area contributed by atoms with Crippen LogP contribution >= 0.6 is 0 Å².